The first-order valence-electron chi connectivity index (χ1n) is 10.8. The van der Waals surface area contributed by atoms with Crippen LogP contribution < -0.4 is 19.7 Å². The van der Waals surface area contributed by atoms with Gasteiger partial charge in [0.25, 0.3) is 0 Å². The standard InChI is InChI=1S/C23H25ClN6O4/c1-5-16-12-33-23(31)30(16)22-27-14(3)26-21(29-22)25-13(2)18-10-11-19(28-20(18)32-4)34-17-8-6-15(24)7-9-17/h6-11,13,16H,5,12H2,1-4H3,(H,25,26,27,29)/t13-,16-/m0/s1. The highest BCUT2D eigenvalue weighted by Crippen LogP contribution is 2.30. The van der Waals surface area contributed by atoms with Gasteiger partial charge in [-0.3, -0.25) is 0 Å². The van der Waals surface area contributed by atoms with Crippen molar-refractivity contribution in [1.82, 2.24) is 19.9 Å². The predicted octanol–water partition coefficient (Wildman–Crippen LogP) is 4.94. The molecule has 1 saturated heterocycles. The maximum absolute atomic E-state index is 12.2. The summed E-state index contributed by atoms with van der Waals surface area (Å²) in [6, 6.07) is 10.2. The van der Waals surface area contributed by atoms with Gasteiger partial charge in [0.15, 0.2) is 0 Å². The Morgan fingerprint density at radius 2 is 1.94 bits per heavy atom. The molecule has 1 aliphatic heterocycles. The largest absolute Gasteiger partial charge is 0.481 e. The lowest BCUT2D eigenvalue weighted by Crippen LogP contribution is -2.34. The smallest absolute Gasteiger partial charge is 0.417 e. The molecule has 2 aromatic heterocycles. The number of nitrogens with one attached hydrogen (secondary N) is 1. The van der Waals surface area contributed by atoms with E-state index in [1.165, 1.54) is 4.90 Å². The molecule has 11 heteroatoms. The van der Waals surface area contributed by atoms with Gasteiger partial charge in [-0.1, -0.05) is 18.5 Å². The lowest BCUT2D eigenvalue weighted by molar-refractivity contribution is 0.178. The third-order valence-electron chi connectivity index (χ3n) is 5.29. The molecular formula is C23H25ClN6O4. The number of methoxy groups -OCH3 is 1. The summed E-state index contributed by atoms with van der Waals surface area (Å²) >= 11 is 5.92. The number of pyridine rings is 1. The number of benzene rings is 1. The van der Waals surface area contributed by atoms with Crippen LogP contribution >= 0.6 is 11.6 Å². The maximum Gasteiger partial charge on any atom is 0.417 e. The summed E-state index contributed by atoms with van der Waals surface area (Å²) in [5.41, 5.74) is 0.776. The van der Waals surface area contributed by atoms with Gasteiger partial charge in [0.05, 0.1) is 19.2 Å². The molecule has 4 rings (SSSR count). The quantitative estimate of drug-likeness (QED) is 0.475. The zero-order chi connectivity index (χ0) is 24.2. The van der Waals surface area contributed by atoms with Crippen molar-refractivity contribution in [3.05, 3.63) is 52.8 Å². The van der Waals surface area contributed by atoms with Crippen LogP contribution in [0.4, 0.5) is 16.7 Å². The molecule has 3 heterocycles. The molecule has 1 aromatic carbocycles. The molecule has 2 atom stereocenters. The first-order chi connectivity index (χ1) is 16.4. The van der Waals surface area contributed by atoms with Crippen LogP contribution in [-0.2, 0) is 4.74 Å². The topological polar surface area (TPSA) is 112 Å². The van der Waals surface area contributed by atoms with Crippen LogP contribution in [0.3, 0.4) is 0 Å². The zero-order valence-electron chi connectivity index (χ0n) is 19.3. The molecule has 0 radical (unpaired) electrons. The Kier molecular flexibility index (Phi) is 6.97. The van der Waals surface area contributed by atoms with Crippen LogP contribution in [-0.4, -0.2) is 45.8 Å². The Hall–Kier alpha value is -3.66. The number of nitrogens with zero attached hydrogens (tertiary/aromatic N) is 5. The van der Waals surface area contributed by atoms with Crippen molar-refractivity contribution < 1.29 is 19.0 Å². The number of amides is 1. The van der Waals surface area contributed by atoms with E-state index in [-0.39, 0.29) is 18.0 Å². The Bertz CT molecular complexity index is 1180. The van der Waals surface area contributed by atoms with Gasteiger partial charge in [-0.25, -0.2) is 9.69 Å². The number of rotatable bonds is 8. The van der Waals surface area contributed by atoms with E-state index in [1.54, 1.807) is 44.4 Å². The van der Waals surface area contributed by atoms with E-state index in [0.29, 0.717) is 40.9 Å². The Morgan fingerprint density at radius 3 is 2.65 bits per heavy atom. The van der Waals surface area contributed by atoms with Gasteiger partial charge < -0.3 is 19.5 Å². The average molecular weight is 485 g/mol. The van der Waals surface area contributed by atoms with Gasteiger partial charge in [0.1, 0.15) is 18.2 Å². The molecule has 3 aromatic rings. The van der Waals surface area contributed by atoms with Crippen molar-refractivity contribution in [2.24, 2.45) is 0 Å². The number of aryl methyl sites for hydroxylation is 1. The van der Waals surface area contributed by atoms with Gasteiger partial charge in [-0.15, -0.1) is 0 Å². The van der Waals surface area contributed by atoms with E-state index in [0.717, 1.165) is 12.0 Å². The van der Waals surface area contributed by atoms with Crippen LogP contribution in [0.2, 0.25) is 5.02 Å². The highest BCUT2D eigenvalue weighted by Gasteiger charge is 2.35. The van der Waals surface area contributed by atoms with Crippen LogP contribution in [0, 0.1) is 6.92 Å². The molecule has 0 aliphatic carbocycles. The summed E-state index contributed by atoms with van der Waals surface area (Å²) in [5.74, 6) is 2.45. The van der Waals surface area contributed by atoms with Crippen molar-refractivity contribution >= 4 is 29.6 Å². The van der Waals surface area contributed by atoms with E-state index in [4.69, 9.17) is 25.8 Å². The number of aromatic nitrogens is 4. The van der Waals surface area contributed by atoms with Crippen molar-refractivity contribution in [2.45, 2.75) is 39.3 Å². The SMILES string of the molecule is CC[C@H]1COC(=O)N1c1nc(C)nc(N[C@@H](C)c2ccc(Oc3ccc(Cl)cc3)nc2OC)n1. The third kappa shape index (κ3) is 5.12. The van der Waals surface area contributed by atoms with E-state index in [9.17, 15) is 4.79 Å². The molecule has 10 nitrogen and oxygen atoms in total. The second-order valence-corrected chi connectivity index (χ2v) is 8.12. The number of carbonyl (C=O) groups is 1. The lowest BCUT2D eigenvalue weighted by atomic mass is 10.1. The van der Waals surface area contributed by atoms with Gasteiger partial charge in [-0.05, 0) is 50.6 Å². The minimum absolute atomic E-state index is 0.114. The van der Waals surface area contributed by atoms with Crippen molar-refractivity contribution in [2.75, 3.05) is 23.9 Å². The van der Waals surface area contributed by atoms with E-state index >= 15 is 0 Å². The summed E-state index contributed by atoms with van der Waals surface area (Å²) in [5, 5.41) is 3.87. The van der Waals surface area contributed by atoms with Gasteiger partial charge in [0.2, 0.25) is 23.7 Å². The fourth-order valence-corrected chi connectivity index (χ4v) is 3.65. The molecule has 1 aliphatic rings. The normalized spacial score (nSPS) is 16.2. The molecule has 0 saturated carbocycles. The summed E-state index contributed by atoms with van der Waals surface area (Å²) in [6.45, 7) is 5.96. The second kappa shape index (κ2) is 10.1. The Labute approximate surface area is 202 Å². The number of hydrogen-bond donors (Lipinski definition) is 1. The van der Waals surface area contributed by atoms with E-state index in [1.807, 2.05) is 19.9 Å². The molecular weight excluding hydrogens is 460 g/mol. The number of anilines is 2. The summed E-state index contributed by atoms with van der Waals surface area (Å²) in [7, 11) is 1.54. The first-order valence-corrected chi connectivity index (χ1v) is 11.2. The molecule has 1 fully saturated rings. The molecule has 1 N–H and O–H groups in total. The average Bonchev–Trinajstić information content (AvgIpc) is 3.20. The van der Waals surface area contributed by atoms with Crippen LogP contribution in [0.1, 0.15) is 37.7 Å². The van der Waals surface area contributed by atoms with E-state index < -0.39 is 6.09 Å². The fourth-order valence-electron chi connectivity index (χ4n) is 3.52. The monoisotopic (exact) mass is 484 g/mol. The summed E-state index contributed by atoms with van der Waals surface area (Å²) in [4.78, 5) is 31.3. The molecule has 34 heavy (non-hydrogen) atoms. The zero-order valence-corrected chi connectivity index (χ0v) is 20.0. The highest BCUT2D eigenvalue weighted by atomic mass is 35.5. The fraction of sp³-hybridized carbons (Fsp3) is 0.348. The number of cyclic esters (lactones) is 1. The molecule has 0 spiro atoms. The van der Waals surface area contributed by atoms with Crippen molar-refractivity contribution in [3.8, 4) is 17.5 Å². The molecule has 0 unspecified atom stereocenters. The third-order valence-corrected chi connectivity index (χ3v) is 5.54. The Morgan fingerprint density at radius 1 is 1.18 bits per heavy atom. The number of halogens is 1. The van der Waals surface area contributed by atoms with Gasteiger partial charge in [-0.2, -0.15) is 19.9 Å². The Balaban J connectivity index is 1.54. The van der Waals surface area contributed by atoms with E-state index in [2.05, 4.69) is 25.3 Å². The van der Waals surface area contributed by atoms with Crippen LogP contribution in [0.25, 0.3) is 0 Å². The summed E-state index contributed by atoms with van der Waals surface area (Å²) in [6.07, 6.45) is 0.266. The molecule has 1 amide bonds. The maximum atomic E-state index is 12.2. The number of ether oxygens (including phenoxy) is 3. The molecule has 178 valence electrons. The van der Waals surface area contributed by atoms with Crippen molar-refractivity contribution in [3.63, 3.8) is 0 Å². The number of carbonyl (C=O) groups excluding carboxylic acids is 1. The number of hydrogen-bond acceptors (Lipinski definition) is 9. The first kappa shape index (κ1) is 23.5. The predicted molar refractivity (Wildman–Crippen MR) is 127 cm³/mol. The van der Waals surface area contributed by atoms with Crippen molar-refractivity contribution in [1.29, 1.82) is 0 Å². The molecule has 0 bridgehead atoms. The van der Waals surface area contributed by atoms with Gasteiger partial charge >= 0.3 is 6.09 Å². The second-order valence-electron chi connectivity index (χ2n) is 7.69. The minimum atomic E-state index is -0.460. The summed E-state index contributed by atoms with van der Waals surface area (Å²) < 4.78 is 16.5. The lowest BCUT2D eigenvalue weighted by Gasteiger charge is -2.20. The minimum Gasteiger partial charge on any atom is -0.481 e. The van der Waals surface area contributed by atoms with Crippen LogP contribution in [0.5, 0.6) is 17.5 Å². The van der Waals surface area contributed by atoms with Crippen LogP contribution in [0.15, 0.2) is 36.4 Å². The highest BCUT2D eigenvalue weighted by molar-refractivity contribution is 6.30. The van der Waals surface area contributed by atoms with Gasteiger partial charge in [0, 0.05) is 16.7 Å².